The van der Waals surface area contributed by atoms with Crippen molar-refractivity contribution < 1.29 is 27.8 Å². The van der Waals surface area contributed by atoms with Crippen molar-refractivity contribution in [2.75, 3.05) is 6.54 Å². The van der Waals surface area contributed by atoms with Gasteiger partial charge in [0.1, 0.15) is 18.4 Å². The summed E-state index contributed by atoms with van der Waals surface area (Å²) in [6.07, 6.45) is -3.79. The highest BCUT2D eigenvalue weighted by atomic mass is 19.4. The molecule has 172 valence electrons. The first-order valence-corrected chi connectivity index (χ1v) is 10.7. The molecule has 4 rings (SSSR count). The van der Waals surface area contributed by atoms with Gasteiger partial charge >= 0.3 is 12.1 Å². The van der Waals surface area contributed by atoms with E-state index in [1.165, 1.54) is 6.07 Å². The van der Waals surface area contributed by atoms with E-state index in [1.54, 1.807) is 43.3 Å². The van der Waals surface area contributed by atoms with Crippen LogP contribution >= 0.6 is 0 Å². The molecule has 3 aromatic carbocycles. The van der Waals surface area contributed by atoms with Crippen LogP contribution in [0.5, 0.6) is 5.75 Å². The Bertz CT molecular complexity index is 1150. The molecule has 1 aliphatic rings. The number of hydrogen-bond acceptors (Lipinski definition) is 3. The average Bonchev–Trinajstić information content (AvgIpc) is 2.81. The predicted molar refractivity (Wildman–Crippen MR) is 119 cm³/mol. The van der Waals surface area contributed by atoms with Gasteiger partial charge in [-0.25, -0.2) is 0 Å². The summed E-state index contributed by atoms with van der Waals surface area (Å²) in [5.41, 5.74) is 2.91. The van der Waals surface area contributed by atoms with E-state index in [4.69, 9.17) is 4.74 Å². The lowest BCUT2D eigenvalue weighted by Crippen LogP contribution is -2.42. The van der Waals surface area contributed by atoms with Gasteiger partial charge in [0.15, 0.2) is 0 Å². The Kier molecular flexibility index (Phi) is 6.42. The number of nitrogens with zero attached hydrogens (tertiary/aromatic N) is 1. The van der Waals surface area contributed by atoms with Gasteiger partial charge in [-0.2, -0.15) is 13.2 Å². The molecule has 0 radical (unpaired) electrons. The van der Waals surface area contributed by atoms with Crippen LogP contribution in [-0.4, -0.2) is 28.6 Å². The number of carboxylic acid groups (broad SMARTS) is 1. The van der Waals surface area contributed by atoms with Crippen LogP contribution in [0.2, 0.25) is 0 Å². The minimum absolute atomic E-state index is 0.115. The molecule has 3 aromatic rings. The number of carbonyl (C=O) groups is 1. The lowest BCUT2D eigenvalue weighted by Gasteiger charge is -2.31. The highest BCUT2D eigenvalue weighted by Crippen LogP contribution is 2.39. The summed E-state index contributed by atoms with van der Waals surface area (Å²) >= 11 is 0. The van der Waals surface area contributed by atoms with Crippen LogP contribution in [0.15, 0.2) is 66.7 Å². The number of aliphatic carboxylic acids is 1. The van der Waals surface area contributed by atoms with Crippen LogP contribution < -0.4 is 4.74 Å². The number of carboxylic acids is 1. The van der Waals surface area contributed by atoms with Crippen LogP contribution in [0.4, 0.5) is 13.2 Å². The molecule has 1 atom stereocenters. The van der Waals surface area contributed by atoms with E-state index in [1.807, 2.05) is 23.1 Å². The van der Waals surface area contributed by atoms with Gasteiger partial charge in [0, 0.05) is 13.1 Å². The molecule has 0 saturated heterocycles. The van der Waals surface area contributed by atoms with Crippen molar-refractivity contribution in [1.29, 1.82) is 0 Å². The maximum atomic E-state index is 13.7. The first kappa shape index (κ1) is 22.9. The molecular weight excluding hydrogens is 431 g/mol. The topological polar surface area (TPSA) is 49.8 Å². The summed E-state index contributed by atoms with van der Waals surface area (Å²) < 4.78 is 46.8. The van der Waals surface area contributed by atoms with Gasteiger partial charge < -0.3 is 9.84 Å². The Morgan fingerprint density at radius 3 is 2.52 bits per heavy atom. The Labute approximate surface area is 190 Å². The zero-order valence-electron chi connectivity index (χ0n) is 18.1. The standard InChI is InChI=1S/C26H24F3NO3/c1-17(25(31)32)30-12-11-20-13-18(7-8-21(20)15-30)16-33-22-9-10-23(19-5-3-2-4-6-19)24(14-22)26(27,28)29/h2-10,13-14,17H,11-12,15-16H2,1H3,(H,31,32). The number of rotatable bonds is 6. The lowest BCUT2D eigenvalue weighted by molar-refractivity contribution is -0.143. The fourth-order valence-corrected chi connectivity index (χ4v) is 4.09. The van der Waals surface area contributed by atoms with E-state index in [9.17, 15) is 23.1 Å². The minimum atomic E-state index is -4.50. The molecule has 0 saturated carbocycles. The summed E-state index contributed by atoms with van der Waals surface area (Å²) in [6, 6.07) is 17.8. The molecule has 0 fully saturated rings. The zero-order chi connectivity index (χ0) is 23.6. The second kappa shape index (κ2) is 9.27. The molecule has 7 heteroatoms. The number of fused-ring (bicyclic) bond motifs is 1. The summed E-state index contributed by atoms with van der Waals surface area (Å²) in [5.74, 6) is -0.693. The number of benzene rings is 3. The molecular formula is C26H24F3NO3. The van der Waals surface area contributed by atoms with Crippen molar-refractivity contribution in [3.05, 3.63) is 89.0 Å². The summed E-state index contributed by atoms with van der Waals surface area (Å²) in [7, 11) is 0. The third kappa shape index (κ3) is 5.20. The fourth-order valence-electron chi connectivity index (χ4n) is 4.09. The van der Waals surface area contributed by atoms with Crippen molar-refractivity contribution in [1.82, 2.24) is 4.90 Å². The number of hydrogen-bond donors (Lipinski definition) is 1. The quantitative estimate of drug-likeness (QED) is 0.512. The molecule has 0 aliphatic carbocycles. The lowest BCUT2D eigenvalue weighted by atomic mass is 9.96. The summed E-state index contributed by atoms with van der Waals surface area (Å²) in [4.78, 5) is 13.2. The fraction of sp³-hybridized carbons (Fsp3) is 0.269. The van der Waals surface area contributed by atoms with Crippen LogP contribution in [0.1, 0.15) is 29.2 Å². The van der Waals surface area contributed by atoms with Crippen molar-refractivity contribution >= 4 is 5.97 Å². The smallest absolute Gasteiger partial charge is 0.417 e. The minimum Gasteiger partial charge on any atom is -0.489 e. The van der Waals surface area contributed by atoms with Crippen molar-refractivity contribution in [3.63, 3.8) is 0 Å². The third-order valence-corrected chi connectivity index (χ3v) is 6.00. The normalized spacial score (nSPS) is 15.0. The predicted octanol–water partition coefficient (Wildman–Crippen LogP) is 5.78. The molecule has 0 amide bonds. The van der Waals surface area contributed by atoms with E-state index in [0.717, 1.165) is 22.8 Å². The molecule has 1 unspecified atom stereocenters. The average molecular weight is 455 g/mol. The maximum absolute atomic E-state index is 13.7. The monoisotopic (exact) mass is 455 g/mol. The summed E-state index contributed by atoms with van der Waals surface area (Å²) in [5, 5.41) is 9.23. The molecule has 4 nitrogen and oxygen atoms in total. The van der Waals surface area contributed by atoms with Gasteiger partial charge in [0.2, 0.25) is 0 Å². The van der Waals surface area contributed by atoms with E-state index in [2.05, 4.69) is 0 Å². The molecule has 1 heterocycles. The Morgan fingerprint density at radius 1 is 1.06 bits per heavy atom. The van der Waals surface area contributed by atoms with Crippen molar-refractivity contribution in [2.45, 2.75) is 38.7 Å². The van der Waals surface area contributed by atoms with Gasteiger partial charge in [-0.1, -0.05) is 54.6 Å². The third-order valence-electron chi connectivity index (χ3n) is 6.00. The first-order valence-electron chi connectivity index (χ1n) is 10.7. The highest BCUT2D eigenvalue weighted by Gasteiger charge is 2.34. The number of alkyl halides is 3. The van der Waals surface area contributed by atoms with Crippen molar-refractivity contribution in [3.8, 4) is 16.9 Å². The molecule has 1 aliphatic heterocycles. The molecule has 33 heavy (non-hydrogen) atoms. The Morgan fingerprint density at radius 2 is 1.82 bits per heavy atom. The van der Waals surface area contributed by atoms with Crippen LogP contribution in [0.3, 0.4) is 0 Å². The van der Waals surface area contributed by atoms with Gasteiger partial charge in [-0.3, -0.25) is 9.69 Å². The van der Waals surface area contributed by atoms with E-state index in [-0.39, 0.29) is 17.9 Å². The van der Waals surface area contributed by atoms with E-state index >= 15 is 0 Å². The van der Waals surface area contributed by atoms with Crippen LogP contribution in [0.25, 0.3) is 11.1 Å². The SMILES string of the molecule is CC(C(=O)O)N1CCc2cc(COc3ccc(-c4ccccc4)c(C(F)(F)F)c3)ccc2C1. The summed E-state index contributed by atoms with van der Waals surface area (Å²) in [6.45, 7) is 3.01. The first-order chi connectivity index (χ1) is 15.7. The zero-order valence-corrected chi connectivity index (χ0v) is 18.1. The molecule has 0 spiro atoms. The van der Waals surface area contributed by atoms with Gasteiger partial charge in [0.05, 0.1) is 5.56 Å². The molecule has 1 N–H and O–H groups in total. The van der Waals surface area contributed by atoms with Crippen LogP contribution in [-0.2, 0) is 30.5 Å². The number of ether oxygens (including phenoxy) is 1. The Balaban J connectivity index is 1.49. The second-order valence-electron chi connectivity index (χ2n) is 8.20. The molecule has 0 aromatic heterocycles. The van der Waals surface area contributed by atoms with Crippen LogP contribution in [0, 0.1) is 0 Å². The Hall–Kier alpha value is -3.32. The van der Waals surface area contributed by atoms with E-state index in [0.29, 0.717) is 25.1 Å². The largest absolute Gasteiger partial charge is 0.489 e. The molecule has 0 bridgehead atoms. The van der Waals surface area contributed by atoms with Gasteiger partial charge in [-0.05, 0) is 53.3 Å². The highest BCUT2D eigenvalue weighted by molar-refractivity contribution is 5.73. The number of halogens is 3. The van der Waals surface area contributed by atoms with Gasteiger partial charge in [0.25, 0.3) is 0 Å². The second-order valence-corrected chi connectivity index (χ2v) is 8.20. The van der Waals surface area contributed by atoms with Crippen molar-refractivity contribution in [2.24, 2.45) is 0 Å². The van der Waals surface area contributed by atoms with E-state index < -0.39 is 23.8 Å². The van der Waals surface area contributed by atoms with Gasteiger partial charge in [-0.15, -0.1) is 0 Å². The maximum Gasteiger partial charge on any atom is 0.417 e.